The van der Waals surface area contributed by atoms with Crippen LogP contribution in [0.3, 0.4) is 0 Å². The number of sulfonamides is 1. The van der Waals surface area contributed by atoms with Crippen LogP contribution in [0, 0.1) is 0 Å². The van der Waals surface area contributed by atoms with E-state index in [1.807, 2.05) is 6.07 Å². The lowest BCUT2D eigenvalue weighted by Crippen LogP contribution is -2.11. The predicted molar refractivity (Wildman–Crippen MR) is 95.3 cm³/mol. The zero-order chi connectivity index (χ0) is 17.9. The smallest absolute Gasteiger partial charge is 0.238 e. The van der Waals surface area contributed by atoms with Gasteiger partial charge >= 0.3 is 0 Å². The number of allylic oxidation sites excluding steroid dienone is 1. The molecule has 3 rings (SSSR count). The van der Waals surface area contributed by atoms with Crippen LogP contribution in [0.15, 0.2) is 82.1 Å². The minimum absolute atomic E-state index is 0.0383. The van der Waals surface area contributed by atoms with Crippen molar-refractivity contribution >= 4 is 21.9 Å². The number of nitrogens with two attached hydrogens (primary N) is 1. The molecule has 25 heavy (non-hydrogen) atoms. The predicted octanol–water partition coefficient (Wildman–Crippen LogP) is 3.49. The van der Waals surface area contributed by atoms with Crippen LogP contribution in [-0.2, 0) is 10.0 Å². The number of hydrogen-bond donors (Lipinski definition) is 1. The minimum atomic E-state index is -3.72. The van der Waals surface area contributed by atoms with Gasteiger partial charge in [-0.25, -0.2) is 13.6 Å². The number of benzene rings is 2. The van der Waals surface area contributed by atoms with Crippen molar-refractivity contribution in [2.24, 2.45) is 5.14 Å². The number of carbonyl (C=O) groups is 1. The van der Waals surface area contributed by atoms with Crippen LogP contribution in [0.2, 0.25) is 0 Å². The van der Waals surface area contributed by atoms with Crippen molar-refractivity contribution in [2.45, 2.75) is 4.90 Å². The van der Waals surface area contributed by atoms with Gasteiger partial charge in [0, 0.05) is 11.1 Å². The van der Waals surface area contributed by atoms with E-state index in [1.54, 1.807) is 54.6 Å². The SMILES string of the molecule is NS(=O)(=O)c1ccc(-c2ccc(/C=C/C(=O)c3ccccc3)o2)cc1. The van der Waals surface area contributed by atoms with Gasteiger partial charge in [-0.3, -0.25) is 4.79 Å². The van der Waals surface area contributed by atoms with E-state index in [-0.39, 0.29) is 10.7 Å². The summed E-state index contributed by atoms with van der Waals surface area (Å²) in [5.41, 5.74) is 1.31. The molecular formula is C19H15NO4S. The number of carbonyl (C=O) groups excluding carboxylic acids is 1. The lowest BCUT2D eigenvalue weighted by molar-refractivity contribution is 0.104. The van der Waals surface area contributed by atoms with Gasteiger partial charge < -0.3 is 4.42 Å². The molecule has 3 aromatic rings. The molecule has 1 aromatic heterocycles. The van der Waals surface area contributed by atoms with Gasteiger partial charge in [0.15, 0.2) is 5.78 Å². The largest absolute Gasteiger partial charge is 0.457 e. The van der Waals surface area contributed by atoms with Crippen molar-refractivity contribution in [1.82, 2.24) is 0 Å². The fourth-order valence-electron chi connectivity index (χ4n) is 2.26. The summed E-state index contributed by atoms with van der Waals surface area (Å²) < 4.78 is 28.2. The van der Waals surface area contributed by atoms with Gasteiger partial charge in [-0.15, -0.1) is 0 Å². The molecule has 5 nitrogen and oxygen atoms in total. The van der Waals surface area contributed by atoms with Crippen molar-refractivity contribution in [2.75, 3.05) is 0 Å². The quantitative estimate of drug-likeness (QED) is 0.561. The first-order valence-electron chi connectivity index (χ1n) is 7.44. The molecule has 1 heterocycles. The minimum Gasteiger partial charge on any atom is -0.457 e. The number of furan rings is 1. The van der Waals surface area contributed by atoms with Crippen LogP contribution in [0.25, 0.3) is 17.4 Å². The lowest BCUT2D eigenvalue weighted by Gasteiger charge is -2.00. The molecule has 6 heteroatoms. The third-order valence-electron chi connectivity index (χ3n) is 3.55. The molecule has 2 N–H and O–H groups in total. The summed E-state index contributed by atoms with van der Waals surface area (Å²) in [6.45, 7) is 0. The number of primary sulfonamides is 1. The van der Waals surface area contributed by atoms with Gasteiger partial charge in [0.25, 0.3) is 0 Å². The van der Waals surface area contributed by atoms with Crippen LogP contribution in [-0.4, -0.2) is 14.2 Å². The van der Waals surface area contributed by atoms with E-state index < -0.39 is 10.0 Å². The van der Waals surface area contributed by atoms with E-state index in [9.17, 15) is 13.2 Å². The molecule has 0 aliphatic rings. The molecule has 0 saturated carbocycles. The van der Waals surface area contributed by atoms with Crippen LogP contribution in [0.5, 0.6) is 0 Å². The zero-order valence-corrected chi connectivity index (χ0v) is 13.9. The van der Waals surface area contributed by atoms with E-state index in [0.29, 0.717) is 22.6 Å². The Labute approximate surface area is 145 Å². The van der Waals surface area contributed by atoms with Crippen LogP contribution in [0.4, 0.5) is 0 Å². The fourth-order valence-corrected chi connectivity index (χ4v) is 2.78. The normalized spacial score (nSPS) is 11.7. The Bertz CT molecular complexity index is 1020. The number of rotatable bonds is 5. The van der Waals surface area contributed by atoms with E-state index in [1.165, 1.54) is 18.2 Å². The second-order valence-corrected chi connectivity index (χ2v) is 6.90. The lowest BCUT2D eigenvalue weighted by atomic mass is 10.1. The Morgan fingerprint density at radius 3 is 2.24 bits per heavy atom. The van der Waals surface area contributed by atoms with Crippen molar-refractivity contribution < 1.29 is 17.6 Å². The number of ketones is 1. The molecule has 2 aromatic carbocycles. The maximum atomic E-state index is 12.0. The molecule has 0 radical (unpaired) electrons. The second-order valence-electron chi connectivity index (χ2n) is 5.34. The van der Waals surface area contributed by atoms with Crippen molar-refractivity contribution in [1.29, 1.82) is 0 Å². The first-order valence-corrected chi connectivity index (χ1v) is 8.99. The van der Waals surface area contributed by atoms with E-state index in [0.717, 1.165) is 0 Å². The van der Waals surface area contributed by atoms with Gasteiger partial charge in [-0.1, -0.05) is 30.3 Å². The van der Waals surface area contributed by atoms with Crippen LogP contribution in [0.1, 0.15) is 16.1 Å². The van der Waals surface area contributed by atoms with E-state index >= 15 is 0 Å². The van der Waals surface area contributed by atoms with Crippen molar-refractivity contribution in [3.05, 3.63) is 84.1 Å². The number of hydrogen-bond acceptors (Lipinski definition) is 4. The Morgan fingerprint density at radius 1 is 0.920 bits per heavy atom. The fraction of sp³-hybridized carbons (Fsp3) is 0. The Balaban J connectivity index is 1.76. The molecular weight excluding hydrogens is 338 g/mol. The molecule has 0 bridgehead atoms. The van der Waals surface area contributed by atoms with Crippen LogP contribution < -0.4 is 5.14 Å². The molecule has 126 valence electrons. The highest BCUT2D eigenvalue weighted by molar-refractivity contribution is 7.89. The maximum Gasteiger partial charge on any atom is 0.238 e. The summed E-state index contributed by atoms with van der Waals surface area (Å²) in [6.07, 6.45) is 3.04. The topological polar surface area (TPSA) is 90.4 Å². The Kier molecular flexibility index (Phi) is 4.65. The summed E-state index contributed by atoms with van der Waals surface area (Å²) in [7, 11) is -3.72. The van der Waals surface area contributed by atoms with Gasteiger partial charge in [0.05, 0.1) is 4.90 Å². The second kappa shape index (κ2) is 6.88. The summed E-state index contributed by atoms with van der Waals surface area (Å²) in [4.78, 5) is 12.1. The van der Waals surface area contributed by atoms with Gasteiger partial charge in [0.1, 0.15) is 11.5 Å². The van der Waals surface area contributed by atoms with Crippen LogP contribution >= 0.6 is 0 Å². The first-order chi connectivity index (χ1) is 11.9. The highest BCUT2D eigenvalue weighted by Crippen LogP contribution is 2.24. The maximum absolute atomic E-state index is 12.0. The molecule has 0 saturated heterocycles. The standard InChI is InChI=1S/C19H15NO4S/c20-25(22,23)17-10-6-15(7-11-17)19-13-9-16(24-19)8-12-18(21)14-4-2-1-3-5-14/h1-13H,(H2,20,22,23)/b12-8+. The summed E-state index contributed by atoms with van der Waals surface area (Å²) in [5, 5.41) is 5.07. The average Bonchev–Trinajstić information content (AvgIpc) is 3.09. The third kappa shape index (κ3) is 4.12. The average molecular weight is 353 g/mol. The molecule has 0 spiro atoms. The molecule has 0 aliphatic carbocycles. The molecule has 0 atom stereocenters. The van der Waals surface area contributed by atoms with Crippen molar-refractivity contribution in [3.8, 4) is 11.3 Å². The summed E-state index contributed by atoms with van der Waals surface area (Å²) in [5.74, 6) is 0.971. The summed E-state index contributed by atoms with van der Waals surface area (Å²) >= 11 is 0. The Morgan fingerprint density at radius 2 is 1.60 bits per heavy atom. The third-order valence-corrected chi connectivity index (χ3v) is 4.48. The van der Waals surface area contributed by atoms with Gasteiger partial charge in [-0.2, -0.15) is 0 Å². The molecule has 0 unspecified atom stereocenters. The van der Waals surface area contributed by atoms with E-state index in [4.69, 9.17) is 9.56 Å². The van der Waals surface area contributed by atoms with Gasteiger partial charge in [-0.05, 0) is 48.6 Å². The first kappa shape index (κ1) is 16.9. The highest BCUT2D eigenvalue weighted by atomic mass is 32.2. The zero-order valence-electron chi connectivity index (χ0n) is 13.1. The Hall–Kier alpha value is -2.96. The molecule has 0 aliphatic heterocycles. The molecule has 0 amide bonds. The van der Waals surface area contributed by atoms with E-state index in [2.05, 4.69) is 0 Å². The van der Waals surface area contributed by atoms with Gasteiger partial charge in [0.2, 0.25) is 10.0 Å². The summed E-state index contributed by atoms with van der Waals surface area (Å²) in [6, 6.07) is 18.5. The highest BCUT2D eigenvalue weighted by Gasteiger charge is 2.09. The van der Waals surface area contributed by atoms with Crippen molar-refractivity contribution in [3.63, 3.8) is 0 Å². The molecule has 0 fully saturated rings. The monoisotopic (exact) mass is 353 g/mol.